The van der Waals surface area contributed by atoms with E-state index in [0.29, 0.717) is 34.3 Å². The number of carboxylic acid groups (broad SMARTS) is 1. The first-order valence-corrected chi connectivity index (χ1v) is 9.40. The number of anilines is 1. The fourth-order valence-corrected chi connectivity index (χ4v) is 3.05. The molecule has 0 atom stereocenters. The highest BCUT2D eigenvalue weighted by Crippen LogP contribution is 2.32. The fraction of sp³-hybridized carbons (Fsp3) is 0.333. The smallest absolute Gasteiger partial charge is 0.322 e. The number of nitrogens with zero attached hydrogens (tertiary/aromatic N) is 1. The first-order chi connectivity index (χ1) is 13.9. The topological polar surface area (TPSA) is 147 Å². The second-order valence-corrected chi connectivity index (χ2v) is 6.61. The van der Waals surface area contributed by atoms with Gasteiger partial charge in [-0.3, -0.25) is 14.4 Å². The van der Waals surface area contributed by atoms with Gasteiger partial charge in [0.25, 0.3) is 0 Å². The molecule has 2 amide bonds. The molecule has 2 aromatic rings. The molecule has 10 nitrogen and oxygen atoms in total. The van der Waals surface area contributed by atoms with Crippen LogP contribution in [0.15, 0.2) is 23.6 Å². The van der Waals surface area contributed by atoms with Crippen molar-refractivity contribution in [1.29, 1.82) is 0 Å². The summed E-state index contributed by atoms with van der Waals surface area (Å²) in [6.45, 7) is -0.470. The first kappa shape index (κ1) is 22.3. The van der Waals surface area contributed by atoms with E-state index in [2.05, 4.69) is 15.6 Å². The van der Waals surface area contributed by atoms with Crippen LogP contribution in [-0.4, -0.2) is 66.5 Å². The summed E-state index contributed by atoms with van der Waals surface area (Å²) in [5.74, 6) is -1.74. The average Bonchev–Trinajstić information content (AvgIpc) is 3.15. The number of aromatic nitrogens is 1. The van der Waals surface area contributed by atoms with Gasteiger partial charge < -0.3 is 30.3 Å². The molecule has 1 aromatic heterocycles. The van der Waals surface area contributed by atoms with Crippen molar-refractivity contribution in [3.05, 3.63) is 29.3 Å². The Bertz CT molecular complexity index is 869. The van der Waals surface area contributed by atoms with Gasteiger partial charge in [0.15, 0.2) is 0 Å². The van der Waals surface area contributed by atoms with Crippen molar-refractivity contribution >= 4 is 34.8 Å². The van der Waals surface area contributed by atoms with Gasteiger partial charge >= 0.3 is 5.97 Å². The van der Waals surface area contributed by atoms with E-state index in [1.807, 2.05) is 0 Å². The number of carbonyl (C=O) groups is 3. The third kappa shape index (κ3) is 7.14. The predicted octanol–water partition coefficient (Wildman–Crippen LogP) is 0.509. The maximum atomic E-state index is 11.7. The van der Waals surface area contributed by atoms with Crippen molar-refractivity contribution in [1.82, 2.24) is 10.3 Å². The van der Waals surface area contributed by atoms with Gasteiger partial charge in [-0.1, -0.05) is 0 Å². The standard InChI is InChI=1S/C18H21N3O7S/c1-27-4-5-28-14-3-2-11(6-13(14)21-16(24)9-22)18-20-12(10-29-18)7-15(23)19-8-17(25)26/h2-3,6,10,22H,4-5,7-9H2,1H3,(H,19,23)(H,21,24)(H,25,26). The van der Waals surface area contributed by atoms with Crippen LogP contribution in [0.1, 0.15) is 5.69 Å². The van der Waals surface area contributed by atoms with E-state index in [1.165, 1.54) is 11.3 Å². The summed E-state index contributed by atoms with van der Waals surface area (Å²) in [7, 11) is 1.54. The van der Waals surface area contributed by atoms with Crippen LogP contribution < -0.4 is 15.4 Å². The number of nitrogens with one attached hydrogen (secondary N) is 2. The predicted molar refractivity (Wildman–Crippen MR) is 105 cm³/mol. The highest BCUT2D eigenvalue weighted by atomic mass is 32.1. The van der Waals surface area contributed by atoms with Crippen molar-refractivity contribution in [2.45, 2.75) is 6.42 Å². The van der Waals surface area contributed by atoms with Crippen molar-refractivity contribution in [2.75, 3.05) is 38.8 Å². The number of benzene rings is 1. The molecular formula is C18H21N3O7S. The highest BCUT2D eigenvalue weighted by Gasteiger charge is 2.13. The van der Waals surface area contributed by atoms with E-state index in [-0.39, 0.29) is 13.0 Å². The van der Waals surface area contributed by atoms with Crippen molar-refractivity contribution in [3.63, 3.8) is 0 Å². The van der Waals surface area contributed by atoms with Crippen LogP contribution in [0.2, 0.25) is 0 Å². The Kier molecular flexibility index (Phi) is 8.52. The molecule has 11 heteroatoms. The maximum Gasteiger partial charge on any atom is 0.322 e. The lowest BCUT2D eigenvalue weighted by atomic mass is 10.2. The third-order valence-corrected chi connectivity index (χ3v) is 4.46. The van der Waals surface area contributed by atoms with Gasteiger partial charge in [-0.15, -0.1) is 11.3 Å². The zero-order valence-electron chi connectivity index (χ0n) is 15.6. The number of amides is 2. The summed E-state index contributed by atoms with van der Waals surface area (Å²) < 4.78 is 10.5. The van der Waals surface area contributed by atoms with Crippen LogP contribution in [0.25, 0.3) is 10.6 Å². The van der Waals surface area contributed by atoms with Gasteiger partial charge in [0.05, 0.1) is 24.4 Å². The molecule has 156 valence electrons. The van der Waals surface area contributed by atoms with Gasteiger partial charge in [-0.25, -0.2) is 4.98 Å². The molecule has 0 radical (unpaired) electrons. The minimum Gasteiger partial charge on any atom is -0.489 e. The van der Waals surface area contributed by atoms with Gasteiger partial charge in [-0.2, -0.15) is 0 Å². The van der Waals surface area contributed by atoms with E-state index in [1.54, 1.807) is 30.7 Å². The fourth-order valence-electron chi connectivity index (χ4n) is 2.23. The monoisotopic (exact) mass is 423 g/mol. The molecule has 0 spiro atoms. The molecule has 0 saturated carbocycles. The molecule has 29 heavy (non-hydrogen) atoms. The number of aliphatic hydroxyl groups is 1. The number of carboxylic acids is 1. The minimum absolute atomic E-state index is 0.0455. The van der Waals surface area contributed by atoms with Crippen LogP contribution in [0, 0.1) is 0 Å². The van der Waals surface area contributed by atoms with E-state index in [4.69, 9.17) is 19.7 Å². The Hall–Kier alpha value is -3.02. The normalized spacial score (nSPS) is 10.4. The lowest BCUT2D eigenvalue weighted by molar-refractivity contribution is -0.137. The summed E-state index contributed by atoms with van der Waals surface area (Å²) in [5, 5.41) is 24.7. The van der Waals surface area contributed by atoms with Crippen LogP contribution >= 0.6 is 11.3 Å². The Balaban J connectivity index is 2.15. The van der Waals surface area contributed by atoms with Crippen molar-refractivity contribution in [3.8, 4) is 16.3 Å². The molecule has 0 fully saturated rings. The Morgan fingerprint density at radius 2 is 2.00 bits per heavy atom. The maximum absolute atomic E-state index is 11.7. The summed E-state index contributed by atoms with van der Waals surface area (Å²) in [6, 6.07) is 5.07. The van der Waals surface area contributed by atoms with Gasteiger partial charge in [0, 0.05) is 18.1 Å². The summed E-state index contributed by atoms with van der Waals surface area (Å²) in [4.78, 5) is 38.2. The molecule has 0 unspecified atom stereocenters. The van der Waals surface area contributed by atoms with Crippen LogP contribution in [-0.2, 0) is 25.5 Å². The summed E-state index contributed by atoms with van der Waals surface area (Å²) >= 11 is 1.30. The quantitative estimate of drug-likeness (QED) is 0.382. The zero-order valence-corrected chi connectivity index (χ0v) is 16.5. The Morgan fingerprint density at radius 1 is 1.21 bits per heavy atom. The van der Waals surface area contributed by atoms with Crippen LogP contribution in [0.3, 0.4) is 0 Å². The minimum atomic E-state index is -1.12. The average molecular weight is 423 g/mol. The number of methoxy groups -OCH3 is 1. The molecule has 0 aliphatic carbocycles. The second-order valence-electron chi connectivity index (χ2n) is 5.75. The zero-order chi connectivity index (χ0) is 21.2. The number of rotatable bonds is 11. The van der Waals surface area contributed by atoms with Crippen LogP contribution in [0.4, 0.5) is 5.69 Å². The summed E-state index contributed by atoms with van der Waals surface area (Å²) in [5.41, 5.74) is 1.54. The largest absolute Gasteiger partial charge is 0.489 e. The van der Waals surface area contributed by atoms with Crippen molar-refractivity contribution < 1.29 is 34.1 Å². The Labute approximate surface area is 170 Å². The molecule has 0 aliphatic rings. The van der Waals surface area contributed by atoms with E-state index >= 15 is 0 Å². The number of aliphatic hydroxyl groups excluding tert-OH is 1. The SMILES string of the molecule is COCCOc1ccc(-c2nc(CC(=O)NCC(=O)O)cs2)cc1NC(=O)CO. The lowest BCUT2D eigenvalue weighted by Gasteiger charge is -2.13. The molecule has 0 aliphatic heterocycles. The summed E-state index contributed by atoms with van der Waals surface area (Å²) in [6.07, 6.45) is -0.0455. The molecule has 1 aromatic carbocycles. The third-order valence-electron chi connectivity index (χ3n) is 3.52. The number of thiazole rings is 1. The molecule has 0 saturated heterocycles. The molecule has 4 N–H and O–H groups in total. The number of aliphatic carboxylic acids is 1. The number of hydrogen-bond donors (Lipinski definition) is 4. The molecule has 2 rings (SSSR count). The van der Waals surface area contributed by atoms with Gasteiger partial charge in [0.1, 0.15) is 30.5 Å². The molecule has 0 bridgehead atoms. The van der Waals surface area contributed by atoms with Crippen molar-refractivity contribution in [2.24, 2.45) is 0 Å². The van der Waals surface area contributed by atoms with E-state index < -0.39 is 30.9 Å². The highest BCUT2D eigenvalue weighted by molar-refractivity contribution is 7.13. The van der Waals surface area contributed by atoms with Gasteiger partial charge in [-0.05, 0) is 18.2 Å². The second kappa shape index (κ2) is 11.1. The number of carbonyl (C=O) groups excluding carboxylic acids is 2. The van der Waals surface area contributed by atoms with Crippen LogP contribution in [0.5, 0.6) is 5.75 Å². The van der Waals surface area contributed by atoms with Gasteiger partial charge in [0.2, 0.25) is 11.8 Å². The molecule has 1 heterocycles. The lowest BCUT2D eigenvalue weighted by Crippen LogP contribution is -2.30. The number of hydrogen-bond acceptors (Lipinski definition) is 8. The van der Waals surface area contributed by atoms with E-state index in [0.717, 1.165) is 0 Å². The first-order valence-electron chi connectivity index (χ1n) is 8.52. The Morgan fingerprint density at radius 3 is 2.69 bits per heavy atom. The molecular weight excluding hydrogens is 402 g/mol. The number of ether oxygens (including phenoxy) is 2. The van der Waals surface area contributed by atoms with E-state index in [9.17, 15) is 14.4 Å².